The molecule has 0 aliphatic carbocycles. The number of hydrogen-bond donors (Lipinski definition) is 0. The van der Waals surface area contributed by atoms with Crippen molar-refractivity contribution in [3.63, 3.8) is 0 Å². The number of carbonyl (C=O) groups excluding carboxylic acids is 2. The molecule has 10 nitrogen and oxygen atoms in total. The maximum absolute atomic E-state index is 13.7. The molecule has 0 bridgehead atoms. The van der Waals surface area contributed by atoms with Gasteiger partial charge in [-0.2, -0.15) is 0 Å². The minimum Gasteiger partial charge on any atom is -0.349 e. The summed E-state index contributed by atoms with van der Waals surface area (Å²) in [4.78, 5) is 24.5. The Bertz CT molecular complexity index is 995. The highest BCUT2D eigenvalue weighted by atomic mass is 31.2. The Morgan fingerprint density at radius 3 is 2.75 bits per heavy atom. The maximum Gasteiger partial charge on any atom is 0.475 e. The fourth-order valence-electron chi connectivity index (χ4n) is 3.97. The van der Waals surface area contributed by atoms with E-state index in [0.29, 0.717) is 18.8 Å². The van der Waals surface area contributed by atoms with Crippen LogP contribution in [0.2, 0.25) is 0 Å². The zero-order valence-corrected chi connectivity index (χ0v) is 17.8. The van der Waals surface area contributed by atoms with E-state index in [9.17, 15) is 18.5 Å². The Morgan fingerprint density at radius 1 is 1.16 bits per heavy atom. The predicted octanol–water partition coefficient (Wildman–Crippen LogP) is 2.50. The second-order valence-corrected chi connectivity index (χ2v) is 9.30. The summed E-state index contributed by atoms with van der Waals surface area (Å²) >= 11 is 0. The number of phosphoric acid groups is 1. The van der Waals surface area contributed by atoms with Gasteiger partial charge >= 0.3 is 7.82 Å². The van der Waals surface area contributed by atoms with Gasteiger partial charge in [0.25, 0.3) is 0 Å². The summed E-state index contributed by atoms with van der Waals surface area (Å²) in [5.41, 5.74) is 1.48. The molecular weight excluding hydrogens is 448 g/mol. The second kappa shape index (κ2) is 8.75. The molecule has 1 amide bonds. The molecule has 4 heterocycles. The number of benzene rings is 1. The summed E-state index contributed by atoms with van der Waals surface area (Å²) in [5, 5.41) is 0. The summed E-state index contributed by atoms with van der Waals surface area (Å²) in [5.74, 6) is -2.45. The number of ether oxygens (including phenoxy) is 3. The van der Waals surface area contributed by atoms with Crippen LogP contribution < -0.4 is 0 Å². The normalized spacial score (nSPS) is 33.5. The van der Waals surface area contributed by atoms with Crippen molar-refractivity contribution in [2.75, 3.05) is 19.8 Å². The first kappa shape index (κ1) is 21.8. The number of ketones is 1. The van der Waals surface area contributed by atoms with E-state index in [4.69, 9.17) is 27.8 Å². The van der Waals surface area contributed by atoms with E-state index in [-0.39, 0.29) is 19.6 Å². The first-order valence-electron chi connectivity index (χ1n) is 10.2. The van der Waals surface area contributed by atoms with Crippen molar-refractivity contribution in [2.45, 2.75) is 44.2 Å². The third-order valence-corrected chi connectivity index (χ3v) is 7.02. The molecule has 1 aromatic carbocycles. The lowest BCUT2D eigenvalue weighted by molar-refractivity contribution is -0.146. The molecule has 0 spiro atoms. The van der Waals surface area contributed by atoms with Crippen LogP contribution in [-0.2, 0) is 48.5 Å². The molecule has 1 unspecified atom stereocenters. The van der Waals surface area contributed by atoms with Crippen molar-refractivity contribution in [1.82, 2.24) is 4.90 Å². The number of carbonyl (C=O) groups is 2. The molecular formula is C20H21FNO9P. The average molecular weight is 469 g/mol. The Labute approximate surface area is 182 Å². The minimum atomic E-state index is -3.91. The van der Waals surface area contributed by atoms with Crippen LogP contribution in [0.4, 0.5) is 4.39 Å². The molecule has 3 fully saturated rings. The predicted molar refractivity (Wildman–Crippen MR) is 103 cm³/mol. The van der Waals surface area contributed by atoms with Crippen molar-refractivity contribution in [1.29, 1.82) is 0 Å². The smallest absolute Gasteiger partial charge is 0.349 e. The number of allylic oxidation sites excluding steroid dienone is 1. The van der Waals surface area contributed by atoms with E-state index in [2.05, 4.69) is 0 Å². The van der Waals surface area contributed by atoms with Gasteiger partial charge in [-0.1, -0.05) is 24.3 Å². The molecule has 0 aromatic heterocycles. The quantitative estimate of drug-likeness (QED) is 0.475. The van der Waals surface area contributed by atoms with Gasteiger partial charge in [-0.15, -0.1) is 0 Å². The topological polar surface area (TPSA) is 110 Å². The monoisotopic (exact) mass is 469 g/mol. The highest BCUT2D eigenvalue weighted by Gasteiger charge is 2.49. The Hall–Kier alpha value is -1.98. The van der Waals surface area contributed by atoms with Crippen molar-refractivity contribution in [2.24, 2.45) is 0 Å². The van der Waals surface area contributed by atoms with Gasteiger partial charge < -0.3 is 14.2 Å². The molecule has 1 aromatic rings. The fourth-order valence-corrected chi connectivity index (χ4v) is 5.34. The largest absolute Gasteiger partial charge is 0.475 e. The number of halogens is 1. The van der Waals surface area contributed by atoms with Gasteiger partial charge in [-0.3, -0.25) is 28.1 Å². The highest BCUT2D eigenvalue weighted by molar-refractivity contribution is 7.48. The zero-order chi connectivity index (χ0) is 22.3. The van der Waals surface area contributed by atoms with E-state index < -0.39 is 56.5 Å². The second-order valence-electron chi connectivity index (χ2n) is 7.68. The Morgan fingerprint density at radius 2 is 1.94 bits per heavy atom. The molecule has 0 N–H and O–H groups in total. The van der Waals surface area contributed by atoms with Crippen LogP contribution in [0.15, 0.2) is 36.3 Å². The van der Waals surface area contributed by atoms with E-state index in [1.807, 2.05) is 18.2 Å². The number of nitrogens with zero attached hydrogens (tertiary/aromatic N) is 1. The SMILES string of the molecule is O=C1CC(=O)N([C@H]2C[C@@H]3OP(=O)(OCc4ccccc4C4OCCO4)OC[C@H]3O2)C=C1F. The molecule has 32 heavy (non-hydrogen) atoms. The zero-order valence-electron chi connectivity index (χ0n) is 16.9. The number of phosphoric ester groups is 1. The average Bonchev–Trinajstić information content (AvgIpc) is 3.45. The number of rotatable bonds is 5. The van der Waals surface area contributed by atoms with E-state index in [1.54, 1.807) is 6.07 Å². The summed E-state index contributed by atoms with van der Waals surface area (Å²) in [6.45, 7) is 0.838. The number of amides is 1. The van der Waals surface area contributed by atoms with Gasteiger partial charge in [-0.25, -0.2) is 8.96 Å². The minimum absolute atomic E-state index is 0.0565. The van der Waals surface area contributed by atoms with E-state index >= 15 is 0 Å². The van der Waals surface area contributed by atoms with Crippen molar-refractivity contribution >= 4 is 19.5 Å². The molecule has 172 valence electrons. The third-order valence-electron chi connectivity index (χ3n) is 5.58. The molecule has 4 aliphatic rings. The molecule has 0 saturated carbocycles. The number of Topliss-reactive ketones (excluding diaryl/α,β-unsaturated/α-hetero) is 1. The third kappa shape index (κ3) is 4.29. The molecule has 3 saturated heterocycles. The van der Waals surface area contributed by atoms with Crippen molar-refractivity contribution in [3.8, 4) is 0 Å². The summed E-state index contributed by atoms with van der Waals surface area (Å²) in [7, 11) is -3.91. The van der Waals surface area contributed by atoms with Crippen LogP contribution in [0.1, 0.15) is 30.3 Å². The maximum atomic E-state index is 13.7. The van der Waals surface area contributed by atoms with Gasteiger partial charge in [0.2, 0.25) is 11.7 Å². The van der Waals surface area contributed by atoms with Crippen LogP contribution in [0.25, 0.3) is 0 Å². The molecule has 4 aliphatic heterocycles. The van der Waals surface area contributed by atoms with E-state index in [0.717, 1.165) is 16.7 Å². The van der Waals surface area contributed by atoms with Gasteiger partial charge in [0.15, 0.2) is 12.1 Å². The first-order chi connectivity index (χ1) is 15.4. The lowest BCUT2D eigenvalue weighted by Crippen LogP contribution is -2.40. The van der Waals surface area contributed by atoms with Crippen molar-refractivity contribution < 1.29 is 46.3 Å². The van der Waals surface area contributed by atoms with Gasteiger partial charge in [0.05, 0.1) is 32.8 Å². The number of hydrogen-bond acceptors (Lipinski definition) is 9. The summed E-state index contributed by atoms with van der Waals surface area (Å²) in [6, 6.07) is 7.30. The van der Waals surface area contributed by atoms with Gasteiger partial charge in [0.1, 0.15) is 18.4 Å². The van der Waals surface area contributed by atoms with Gasteiger partial charge in [-0.05, 0) is 5.56 Å². The Kier molecular flexibility index (Phi) is 5.98. The van der Waals surface area contributed by atoms with Crippen molar-refractivity contribution in [3.05, 3.63) is 47.4 Å². The lowest BCUT2D eigenvalue weighted by atomic mass is 10.1. The molecule has 0 radical (unpaired) electrons. The van der Waals surface area contributed by atoms with Crippen LogP contribution in [0.3, 0.4) is 0 Å². The first-order valence-corrected chi connectivity index (χ1v) is 11.6. The standard InChI is InChI=1S/C20H21FNO9P/c21-14-9-22(18(24)7-15(14)23)19-8-16-17(30-19)11-29-32(25,31-16)28-10-12-3-1-2-4-13(12)20-26-5-6-27-20/h1-4,9,16-17,19-20H,5-8,10-11H2/t16-,17+,19+,32?/m0/s1. The Balaban J connectivity index is 1.23. The van der Waals surface area contributed by atoms with Crippen LogP contribution in [-0.4, -0.2) is 54.8 Å². The summed E-state index contributed by atoms with van der Waals surface area (Å²) in [6.07, 6.45) is -2.27. The molecule has 4 atom stereocenters. The molecule has 12 heteroatoms. The lowest BCUT2D eigenvalue weighted by Gasteiger charge is -2.30. The fraction of sp³-hybridized carbons (Fsp3) is 0.500. The van der Waals surface area contributed by atoms with E-state index in [1.165, 1.54) is 0 Å². The van der Waals surface area contributed by atoms with Crippen LogP contribution >= 0.6 is 7.82 Å². The summed E-state index contributed by atoms with van der Waals surface area (Å²) < 4.78 is 60.0. The number of fused-ring (bicyclic) bond motifs is 1. The van der Waals surface area contributed by atoms with Crippen LogP contribution in [0, 0.1) is 0 Å². The molecule has 5 rings (SSSR count). The van der Waals surface area contributed by atoms with Crippen LogP contribution in [0.5, 0.6) is 0 Å². The van der Waals surface area contributed by atoms with Gasteiger partial charge in [0, 0.05) is 18.2 Å². The highest BCUT2D eigenvalue weighted by Crippen LogP contribution is 2.56.